The minimum Gasteiger partial charge on any atom is -0.397 e. The highest BCUT2D eigenvalue weighted by Gasteiger charge is 2.67. The Kier molecular flexibility index (Phi) is 11.4. The molecule has 2 fully saturated rings. The fraction of sp³-hybridized carbons (Fsp3) is 0.359. The van der Waals surface area contributed by atoms with E-state index in [1.54, 1.807) is 19.2 Å². The van der Waals surface area contributed by atoms with Crippen LogP contribution in [-0.2, 0) is 27.8 Å². The van der Waals surface area contributed by atoms with E-state index in [0.29, 0.717) is 28.1 Å². The van der Waals surface area contributed by atoms with Crippen molar-refractivity contribution in [2.24, 2.45) is 29.6 Å². The first-order valence-electron chi connectivity index (χ1n) is 17.4. The minimum atomic E-state index is -3.61. The molecule has 2 heterocycles. The number of nitrogens with zero attached hydrogens (tertiary/aromatic N) is 4. The van der Waals surface area contributed by atoms with E-state index in [2.05, 4.69) is 32.6 Å². The highest BCUT2D eigenvalue weighted by molar-refractivity contribution is 6.37. The Morgan fingerprint density at radius 1 is 1.14 bits per heavy atom. The number of nitrogens with one attached hydrogen (secondary N) is 2. The monoisotopic (exact) mass is 815 g/mol. The largest absolute Gasteiger partial charge is 0.397 e. The quantitative estimate of drug-likeness (QED) is 0.109. The number of carbonyl (C=O) groups excluding carboxylic acids is 2. The number of allylic oxidation sites excluding steroid dienone is 2. The van der Waals surface area contributed by atoms with Crippen molar-refractivity contribution in [3.8, 4) is 23.0 Å². The normalized spacial score (nSPS) is 19.3. The molecule has 2 aromatic carbocycles. The molecule has 0 bridgehead atoms. The fourth-order valence-corrected chi connectivity index (χ4v) is 7.15. The molecule has 2 saturated carbocycles. The van der Waals surface area contributed by atoms with Gasteiger partial charge in [-0.2, -0.15) is 13.9 Å². The summed E-state index contributed by atoms with van der Waals surface area (Å²) in [4.78, 5) is 34.7. The van der Waals surface area contributed by atoms with Gasteiger partial charge in [0.15, 0.2) is 5.82 Å². The summed E-state index contributed by atoms with van der Waals surface area (Å²) in [7, 11) is 2.93. The van der Waals surface area contributed by atoms with Crippen LogP contribution in [0, 0.1) is 35.3 Å². The van der Waals surface area contributed by atoms with E-state index in [0.717, 1.165) is 12.1 Å². The lowest BCUT2D eigenvalue weighted by Crippen LogP contribution is -2.35. The number of hydrogen-bond acceptors (Lipinski definition) is 8. The number of halogens is 7. The molecule has 4 aromatic rings. The van der Waals surface area contributed by atoms with Gasteiger partial charge < -0.3 is 26.2 Å². The van der Waals surface area contributed by atoms with Crippen LogP contribution in [0.1, 0.15) is 43.3 Å². The maximum absolute atomic E-state index is 15.2. The molecule has 0 spiro atoms. The second-order valence-electron chi connectivity index (χ2n) is 14.2. The van der Waals surface area contributed by atoms with Gasteiger partial charge in [0.1, 0.15) is 41.8 Å². The van der Waals surface area contributed by atoms with Crippen LogP contribution in [0.4, 0.5) is 32.2 Å². The highest BCUT2D eigenvalue weighted by atomic mass is 35.5. The summed E-state index contributed by atoms with van der Waals surface area (Å²) in [6.45, 7) is 1.66. The van der Waals surface area contributed by atoms with Gasteiger partial charge in [-0.1, -0.05) is 23.6 Å². The van der Waals surface area contributed by atoms with E-state index in [-0.39, 0.29) is 47.2 Å². The number of nitrogens with two attached hydrogens (primary N) is 1. The molecule has 300 valence electrons. The zero-order valence-electron chi connectivity index (χ0n) is 30.9. The summed E-state index contributed by atoms with van der Waals surface area (Å²) in [5, 5.41) is 20.6. The van der Waals surface area contributed by atoms with Crippen LogP contribution in [0.25, 0.3) is 22.0 Å². The van der Waals surface area contributed by atoms with Gasteiger partial charge in [0, 0.05) is 42.8 Å². The van der Waals surface area contributed by atoms with Crippen LogP contribution in [0.3, 0.4) is 0 Å². The SMILES string of the molecule is COCC(=O)Nc1nn(C)c2c(-c3ccc(C#CC(C)(C)O)nc3[C@H](Cc3cc(F)cc(F)c3)NC(=O)CN=C3C(=C(N)C(F)F)[C@H]4C[C@H]4C3(F)F)ccc(Cl)c12. The second kappa shape index (κ2) is 15.8. The van der Waals surface area contributed by atoms with Gasteiger partial charge in [-0.25, -0.2) is 22.5 Å². The Morgan fingerprint density at radius 3 is 2.47 bits per heavy atom. The molecule has 3 atom stereocenters. The number of alkyl halides is 4. The highest BCUT2D eigenvalue weighted by Crippen LogP contribution is 2.62. The van der Waals surface area contributed by atoms with Crippen LogP contribution >= 0.6 is 11.6 Å². The predicted molar refractivity (Wildman–Crippen MR) is 200 cm³/mol. The fourth-order valence-electron chi connectivity index (χ4n) is 6.91. The van der Waals surface area contributed by atoms with Gasteiger partial charge in [0.05, 0.1) is 33.4 Å². The maximum atomic E-state index is 15.2. The van der Waals surface area contributed by atoms with Crippen molar-refractivity contribution in [3.63, 3.8) is 0 Å². The summed E-state index contributed by atoms with van der Waals surface area (Å²) in [6.07, 6.45) is -3.59. The van der Waals surface area contributed by atoms with E-state index in [1.807, 2.05) is 0 Å². The Balaban J connectivity index is 1.50. The van der Waals surface area contributed by atoms with Crippen molar-refractivity contribution in [1.29, 1.82) is 0 Å². The van der Waals surface area contributed by atoms with Gasteiger partial charge in [0.25, 0.3) is 18.3 Å². The number of aliphatic imine (C=N–C) groups is 1. The first-order valence-corrected chi connectivity index (χ1v) is 17.8. The predicted octanol–water partition coefficient (Wildman–Crippen LogP) is 5.88. The molecule has 2 aromatic heterocycles. The van der Waals surface area contributed by atoms with E-state index < -0.39 is 82.8 Å². The number of aromatic nitrogens is 3. The first kappa shape index (κ1) is 41.2. The standard InChI is InChI=1S/C39H36ClF6N7O4/c1-38(2,56)10-9-21-5-6-22(23-7-8-26(40)31-34(23)53(3)52-37(31)51-29(55)17-57-4)33(49-21)27(13-18-11-19(41)14-20(42)12-18)50-28(54)16-48-35-30(32(47)36(43)44)24-15-25(24)39(35,45)46/h5-8,11-12,14,24-25,27,36,56H,13,15-17,47H2,1-4H3,(H,50,54)(H,51,52,55)/t24-,25+,27-/m0/s1. The lowest BCUT2D eigenvalue weighted by atomic mass is 9.93. The smallest absolute Gasteiger partial charge is 0.292 e. The van der Waals surface area contributed by atoms with Crippen LogP contribution in [0.15, 0.2) is 58.7 Å². The zero-order chi connectivity index (χ0) is 41.6. The van der Waals surface area contributed by atoms with Gasteiger partial charge in [-0.05, 0) is 74.4 Å². The molecular formula is C39H36ClF6N7O4. The lowest BCUT2D eigenvalue weighted by molar-refractivity contribution is -0.120. The Hall–Kier alpha value is -5.44. The lowest BCUT2D eigenvalue weighted by Gasteiger charge is -2.23. The summed E-state index contributed by atoms with van der Waals surface area (Å²) >= 11 is 6.64. The number of hydrogen-bond donors (Lipinski definition) is 4. The third kappa shape index (κ3) is 8.78. The van der Waals surface area contributed by atoms with E-state index in [9.17, 15) is 32.3 Å². The van der Waals surface area contributed by atoms with Gasteiger partial charge in [-0.15, -0.1) is 0 Å². The van der Waals surface area contributed by atoms with E-state index in [1.165, 1.54) is 37.8 Å². The van der Waals surface area contributed by atoms with E-state index in [4.69, 9.17) is 27.1 Å². The van der Waals surface area contributed by atoms with Crippen LogP contribution in [-0.4, -0.2) is 75.6 Å². The molecular weight excluding hydrogens is 780 g/mol. The third-order valence-electron chi connectivity index (χ3n) is 9.33. The number of rotatable bonds is 11. The first-order chi connectivity index (χ1) is 26.8. The third-order valence-corrected chi connectivity index (χ3v) is 9.65. The number of benzene rings is 2. The number of aryl methyl sites for hydroxylation is 1. The number of fused-ring (bicyclic) bond motifs is 2. The second-order valence-corrected chi connectivity index (χ2v) is 14.6. The number of carbonyl (C=O) groups is 2. The molecule has 5 N–H and O–H groups in total. The molecule has 6 rings (SSSR count). The van der Waals surface area contributed by atoms with Crippen molar-refractivity contribution in [1.82, 2.24) is 20.1 Å². The number of ether oxygens (including phenoxy) is 1. The van der Waals surface area contributed by atoms with Crippen molar-refractivity contribution in [3.05, 3.63) is 87.3 Å². The zero-order valence-corrected chi connectivity index (χ0v) is 31.6. The van der Waals surface area contributed by atoms with Crippen molar-refractivity contribution < 1.29 is 45.8 Å². The van der Waals surface area contributed by atoms with Gasteiger partial charge >= 0.3 is 0 Å². The molecule has 2 aliphatic rings. The Morgan fingerprint density at radius 2 is 1.82 bits per heavy atom. The van der Waals surface area contributed by atoms with Crippen LogP contribution < -0.4 is 16.4 Å². The summed E-state index contributed by atoms with van der Waals surface area (Å²) in [5.74, 6) is -3.59. The van der Waals surface area contributed by atoms with Crippen molar-refractivity contribution in [2.75, 3.05) is 25.6 Å². The van der Waals surface area contributed by atoms with Crippen LogP contribution in [0.5, 0.6) is 0 Å². The summed E-state index contributed by atoms with van der Waals surface area (Å²) < 4.78 is 93.1. The molecule has 0 saturated heterocycles. The molecule has 18 heteroatoms. The van der Waals surface area contributed by atoms with Crippen molar-refractivity contribution >= 4 is 45.8 Å². The maximum Gasteiger partial charge on any atom is 0.292 e. The topological polar surface area (TPSA) is 157 Å². The average Bonchev–Trinajstić information content (AvgIpc) is 3.80. The Bertz CT molecular complexity index is 2380. The summed E-state index contributed by atoms with van der Waals surface area (Å²) in [5.41, 5.74) is 2.94. The number of amides is 2. The number of methoxy groups -OCH3 is 1. The molecule has 2 amide bonds. The number of anilines is 1. The van der Waals surface area contributed by atoms with E-state index >= 15 is 8.78 Å². The van der Waals surface area contributed by atoms with Gasteiger partial charge in [0.2, 0.25) is 5.91 Å². The molecule has 0 unspecified atom stereocenters. The van der Waals surface area contributed by atoms with Gasteiger partial charge in [-0.3, -0.25) is 19.3 Å². The molecule has 57 heavy (non-hydrogen) atoms. The Labute approximate surface area is 327 Å². The molecule has 2 aliphatic carbocycles. The molecule has 11 nitrogen and oxygen atoms in total. The number of pyridine rings is 1. The minimum absolute atomic E-state index is 0.0516. The molecule has 0 aliphatic heterocycles. The number of aliphatic hydroxyl groups is 1. The molecule has 0 radical (unpaired) electrons. The van der Waals surface area contributed by atoms with Crippen molar-refractivity contribution in [2.45, 2.75) is 50.7 Å². The van der Waals surface area contributed by atoms with Crippen LogP contribution in [0.2, 0.25) is 5.02 Å². The average molecular weight is 816 g/mol. The summed E-state index contributed by atoms with van der Waals surface area (Å²) in [6, 6.07) is 7.72.